The summed E-state index contributed by atoms with van der Waals surface area (Å²) in [6.45, 7) is 2.96. The SMILES string of the molecule is C=CC(=O)O.O=C1c2ccccc2C(=O)c2ccccc21. The Bertz CT molecular complexity index is 638. The van der Waals surface area contributed by atoms with Gasteiger partial charge in [0, 0.05) is 28.3 Å². The number of ketones is 2. The quantitative estimate of drug-likeness (QED) is 0.696. The van der Waals surface area contributed by atoms with Crippen molar-refractivity contribution in [1.82, 2.24) is 0 Å². The topological polar surface area (TPSA) is 71.4 Å². The number of benzene rings is 2. The third-order valence-electron chi connectivity index (χ3n) is 3.01. The van der Waals surface area contributed by atoms with Crippen LogP contribution in [0.5, 0.6) is 0 Å². The Hall–Kier alpha value is -3.01. The van der Waals surface area contributed by atoms with E-state index in [0.29, 0.717) is 22.3 Å². The average Bonchev–Trinajstić information content (AvgIpc) is 2.53. The first-order chi connectivity index (χ1) is 10.1. The highest BCUT2D eigenvalue weighted by molar-refractivity contribution is 6.28. The van der Waals surface area contributed by atoms with Crippen molar-refractivity contribution in [3.05, 3.63) is 83.4 Å². The van der Waals surface area contributed by atoms with Gasteiger partial charge in [-0.15, -0.1) is 0 Å². The molecule has 4 heteroatoms. The van der Waals surface area contributed by atoms with E-state index >= 15 is 0 Å². The molecule has 0 amide bonds. The van der Waals surface area contributed by atoms with E-state index in [4.69, 9.17) is 5.11 Å². The van der Waals surface area contributed by atoms with E-state index < -0.39 is 5.97 Å². The van der Waals surface area contributed by atoms with Crippen molar-refractivity contribution in [2.45, 2.75) is 0 Å². The second kappa shape index (κ2) is 5.96. The third-order valence-corrected chi connectivity index (χ3v) is 3.01. The number of carbonyl (C=O) groups excluding carboxylic acids is 2. The fourth-order valence-electron chi connectivity index (χ4n) is 2.05. The molecule has 1 aliphatic rings. The molecule has 0 radical (unpaired) electrons. The highest BCUT2D eigenvalue weighted by atomic mass is 16.4. The van der Waals surface area contributed by atoms with E-state index in [-0.39, 0.29) is 11.6 Å². The minimum Gasteiger partial charge on any atom is -0.478 e. The molecule has 0 saturated carbocycles. The van der Waals surface area contributed by atoms with E-state index in [1.165, 1.54) is 0 Å². The van der Waals surface area contributed by atoms with E-state index in [9.17, 15) is 14.4 Å². The molecule has 1 N–H and O–H groups in total. The maximum atomic E-state index is 12.1. The van der Waals surface area contributed by atoms with Crippen LogP contribution in [-0.2, 0) is 4.79 Å². The Labute approximate surface area is 121 Å². The number of hydrogen-bond acceptors (Lipinski definition) is 3. The van der Waals surface area contributed by atoms with Crippen molar-refractivity contribution in [3.8, 4) is 0 Å². The minimum absolute atomic E-state index is 0.0641. The molecule has 2 aromatic rings. The standard InChI is InChI=1S/C14H8O2.C3H4O2/c15-13-9-5-1-2-6-10(9)14(16)12-8-4-3-7-11(12)13;1-2-3(4)5/h1-8H;2H,1H2,(H,4,5). The fourth-order valence-corrected chi connectivity index (χ4v) is 2.05. The van der Waals surface area contributed by atoms with Crippen LogP contribution in [0.4, 0.5) is 0 Å². The van der Waals surface area contributed by atoms with Gasteiger partial charge < -0.3 is 5.11 Å². The van der Waals surface area contributed by atoms with Crippen LogP contribution in [0.2, 0.25) is 0 Å². The van der Waals surface area contributed by atoms with Crippen LogP contribution in [0.25, 0.3) is 0 Å². The third kappa shape index (κ3) is 2.79. The Morgan fingerprint density at radius 3 is 1.24 bits per heavy atom. The second-order valence-corrected chi connectivity index (χ2v) is 4.29. The van der Waals surface area contributed by atoms with E-state index in [2.05, 4.69) is 6.58 Å². The van der Waals surface area contributed by atoms with E-state index in [1.807, 2.05) is 0 Å². The van der Waals surface area contributed by atoms with Crippen molar-refractivity contribution in [1.29, 1.82) is 0 Å². The predicted octanol–water partition coefficient (Wildman–Crippen LogP) is 2.72. The molecule has 0 bridgehead atoms. The summed E-state index contributed by atoms with van der Waals surface area (Å²) in [4.78, 5) is 33.5. The molecule has 0 spiro atoms. The normalized spacial score (nSPS) is 11.6. The van der Waals surface area contributed by atoms with Crippen molar-refractivity contribution < 1.29 is 19.5 Å². The largest absolute Gasteiger partial charge is 0.478 e. The van der Waals surface area contributed by atoms with Gasteiger partial charge in [-0.25, -0.2) is 4.79 Å². The van der Waals surface area contributed by atoms with Gasteiger partial charge in [-0.2, -0.15) is 0 Å². The number of rotatable bonds is 1. The second-order valence-electron chi connectivity index (χ2n) is 4.29. The van der Waals surface area contributed by atoms with Gasteiger partial charge in [-0.3, -0.25) is 9.59 Å². The molecule has 2 aromatic carbocycles. The summed E-state index contributed by atoms with van der Waals surface area (Å²) in [6, 6.07) is 13.9. The summed E-state index contributed by atoms with van der Waals surface area (Å²) < 4.78 is 0. The molecule has 0 unspecified atom stereocenters. The zero-order valence-electron chi connectivity index (χ0n) is 11.1. The number of carbonyl (C=O) groups is 3. The predicted molar refractivity (Wildman–Crippen MR) is 77.6 cm³/mol. The smallest absolute Gasteiger partial charge is 0.327 e. The van der Waals surface area contributed by atoms with Crippen LogP contribution in [0, 0.1) is 0 Å². The van der Waals surface area contributed by atoms with E-state index in [1.54, 1.807) is 48.5 Å². The lowest BCUT2D eigenvalue weighted by Crippen LogP contribution is -2.20. The van der Waals surface area contributed by atoms with Crippen molar-refractivity contribution in [2.75, 3.05) is 0 Å². The van der Waals surface area contributed by atoms with Crippen LogP contribution >= 0.6 is 0 Å². The summed E-state index contributed by atoms with van der Waals surface area (Å²) in [6.07, 6.45) is 0.833. The van der Waals surface area contributed by atoms with Crippen LogP contribution in [0.1, 0.15) is 31.8 Å². The molecular formula is C17H12O4. The number of carboxylic acid groups (broad SMARTS) is 1. The lowest BCUT2D eigenvalue weighted by molar-refractivity contribution is -0.131. The van der Waals surface area contributed by atoms with Crippen molar-refractivity contribution in [3.63, 3.8) is 0 Å². The van der Waals surface area contributed by atoms with Crippen LogP contribution in [0.15, 0.2) is 61.2 Å². The van der Waals surface area contributed by atoms with Crippen molar-refractivity contribution >= 4 is 17.5 Å². The van der Waals surface area contributed by atoms with E-state index in [0.717, 1.165) is 6.08 Å². The van der Waals surface area contributed by atoms with Gasteiger partial charge in [-0.1, -0.05) is 55.1 Å². The highest BCUT2D eigenvalue weighted by Gasteiger charge is 2.28. The van der Waals surface area contributed by atoms with Crippen LogP contribution in [-0.4, -0.2) is 22.6 Å². The zero-order chi connectivity index (χ0) is 15.4. The van der Waals surface area contributed by atoms with Gasteiger partial charge in [0.15, 0.2) is 11.6 Å². The number of fused-ring (bicyclic) bond motifs is 2. The molecule has 0 aliphatic heterocycles. The average molecular weight is 280 g/mol. The molecule has 21 heavy (non-hydrogen) atoms. The Kier molecular flexibility index (Phi) is 4.09. The fraction of sp³-hybridized carbons (Fsp3) is 0. The van der Waals surface area contributed by atoms with Gasteiger partial charge in [0.2, 0.25) is 0 Å². The number of hydrogen-bond donors (Lipinski definition) is 1. The van der Waals surface area contributed by atoms with Gasteiger partial charge in [0.25, 0.3) is 0 Å². The number of aliphatic carboxylic acids is 1. The van der Waals surface area contributed by atoms with Gasteiger partial charge in [0.05, 0.1) is 0 Å². The first-order valence-electron chi connectivity index (χ1n) is 6.19. The lowest BCUT2D eigenvalue weighted by Gasteiger charge is -2.16. The van der Waals surface area contributed by atoms with Gasteiger partial charge in [-0.05, 0) is 0 Å². The summed E-state index contributed by atoms with van der Waals surface area (Å²) in [5.74, 6) is -1.11. The molecule has 0 heterocycles. The molecule has 0 saturated heterocycles. The monoisotopic (exact) mass is 280 g/mol. The Balaban J connectivity index is 0.000000282. The number of carboxylic acids is 1. The maximum absolute atomic E-state index is 12.1. The molecule has 3 rings (SSSR count). The van der Waals surface area contributed by atoms with Crippen molar-refractivity contribution in [2.24, 2.45) is 0 Å². The van der Waals surface area contributed by atoms with Crippen LogP contribution in [0.3, 0.4) is 0 Å². The molecule has 0 atom stereocenters. The molecule has 0 aromatic heterocycles. The molecule has 4 nitrogen and oxygen atoms in total. The summed E-state index contributed by atoms with van der Waals surface area (Å²) in [5, 5.41) is 7.60. The summed E-state index contributed by atoms with van der Waals surface area (Å²) in [7, 11) is 0. The van der Waals surface area contributed by atoms with Crippen LogP contribution < -0.4 is 0 Å². The Morgan fingerprint density at radius 1 is 0.810 bits per heavy atom. The van der Waals surface area contributed by atoms with Gasteiger partial charge >= 0.3 is 5.97 Å². The first kappa shape index (κ1) is 14.4. The first-order valence-corrected chi connectivity index (χ1v) is 6.19. The maximum Gasteiger partial charge on any atom is 0.327 e. The molecule has 1 aliphatic carbocycles. The summed E-state index contributed by atoms with van der Waals surface area (Å²) >= 11 is 0. The molecular weight excluding hydrogens is 268 g/mol. The minimum atomic E-state index is -0.981. The Morgan fingerprint density at radius 2 is 1.05 bits per heavy atom. The highest BCUT2D eigenvalue weighted by Crippen LogP contribution is 2.26. The zero-order valence-corrected chi connectivity index (χ0v) is 11.1. The summed E-state index contributed by atoms with van der Waals surface area (Å²) in [5.41, 5.74) is 2.02. The molecule has 104 valence electrons. The lowest BCUT2D eigenvalue weighted by atomic mass is 9.84. The van der Waals surface area contributed by atoms with Gasteiger partial charge in [0.1, 0.15) is 0 Å². The molecule has 0 fully saturated rings.